The average Bonchev–Trinajstić information content (AvgIpc) is 3.09. The molecule has 1 N–H and O–H groups in total. The second kappa shape index (κ2) is 8.38. The first-order valence-corrected chi connectivity index (χ1v) is 8.53. The number of hydrogen-bond donors (Lipinski definition) is 1. The van der Waals surface area contributed by atoms with Gasteiger partial charge in [-0.1, -0.05) is 0 Å². The molecular weight excluding hydrogens is 348 g/mol. The van der Waals surface area contributed by atoms with E-state index in [1.54, 1.807) is 47.0 Å². The maximum atomic E-state index is 12.3. The van der Waals surface area contributed by atoms with Crippen LogP contribution in [0.5, 0.6) is 5.75 Å². The van der Waals surface area contributed by atoms with Crippen LogP contribution in [-0.4, -0.2) is 54.2 Å². The van der Waals surface area contributed by atoms with Crippen LogP contribution >= 0.6 is 0 Å². The zero-order valence-corrected chi connectivity index (χ0v) is 15.0. The smallest absolute Gasteiger partial charge is 0.272 e. The lowest BCUT2D eigenvalue weighted by Gasteiger charge is -2.26. The van der Waals surface area contributed by atoms with Gasteiger partial charge in [-0.25, -0.2) is 0 Å². The molecule has 1 aliphatic rings. The number of hydrogen-bond acceptors (Lipinski definition) is 5. The number of amides is 2. The van der Waals surface area contributed by atoms with Crippen LogP contribution in [0, 0.1) is 11.3 Å². The van der Waals surface area contributed by atoms with Gasteiger partial charge in [0.2, 0.25) is 0 Å². The minimum absolute atomic E-state index is 0.0357. The van der Waals surface area contributed by atoms with E-state index in [-0.39, 0.29) is 18.4 Å². The summed E-state index contributed by atoms with van der Waals surface area (Å²) in [6.45, 7) is 2.24. The Kier molecular flexibility index (Phi) is 5.74. The molecule has 1 aliphatic heterocycles. The van der Waals surface area contributed by atoms with Crippen molar-refractivity contribution in [1.29, 1.82) is 5.26 Å². The fourth-order valence-corrected chi connectivity index (χ4v) is 2.73. The molecule has 1 saturated heterocycles. The van der Waals surface area contributed by atoms with Gasteiger partial charge in [0, 0.05) is 32.0 Å². The molecule has 1 aromatic heterocycles. The first kappa shape index (κ1) is 18.5. The summed E-state index contributed by atoms with van der Waals surface area (Å²) in [6, 6.07) is 10.3. The van der Waals surface area contributed by atoms with E-state index < -0.39 is 0 Å². The van der Waals surface area contributed by atoms with Crippen molar-refractivity contribution in [3.8, 4) is 11.8 Å². The van der Waals surface area contributed by atoms with Gasteiger partial charge in [0.05, 0.1) is 18.8 Å². The van der Waals surface area contributed by atoms with Crippen molar-refractivity contribution in [3.63, 3.8) is 0 Å². The molecular formula is C19H20N4O4. The van der Waals surface area contributed by atoms with Gasteiger partial charge in [0.15, 0.2) is 6.61 Å². The number of benzene rings is 1. The van der Waals surface area contributed by atoms with Gasteiger partial charge in [-0.3, -0.25) is 9.59 Å². The van der Waals surface area contributed by atoms with Gasteiger partial charge in [-0.05, 0) is 30.3 Å². The number of ether oxygens (including phenoxy) is 2. The molecule has 0 atom stereocenters. The summed E-state index contributed by atoms with van der Waals surface area (Å²) < 4.78 is 12.3. The SMILES string of the molecule is Cn1cc(C#N)cc1C(=O)Nc1ccc(OCC(=O)N2CCOCC2)cc1. The van der Waals surface area contributed by atoms with Crippen molar-refractivity contribution in [2.75, 3.05) is 38.2 Å². The van der Waals surface area contributed by atoms with Crippen LogP contribution < -0.4 is 10.1 Å². The molecule has 2 aromatic rings. The van der Waals surface area contributed by atoms with Crippen molar-refractivity contribution in [1.82, 2.24) is 9.47 Å². The molecule has 8 nitrogen and oxygen atoms in total. The molecule has 0 spiro atoms. The molecule has 27 heavy (non-hydrogen) atoms. The van der Waals surface area contributed by atoms with E-state index in [4.69, 9.17) is 14.7 Å². The number of nitriles is 1. The molecule has 0 radical (unpaired) electrons. The zero-order valence-electron chi connectivity index (χ0n) is 15.0. The molecule has 2 heterocycles. The maximum absolute atomic E-state index is 12.3. The van der Waals surface area contributed by atoms with Gasteiger partial charge in [0.1, 0.15) is 17.5 Å². The molecule has 0 aliphatic carbocycles. The monoisotopic (exact) mass is 368 g/mol. The number of nitrogens with one attached hydrogen (secondary N) is 1. The Morgan fingerprint density at radius 2 is 1.96 bits per heavy atom. The molecule has 140 valence electrons. The summed E-state index contributed by atoms with van der Waals surface area (Å²) in [5, 5.41) is 11.7. The molecule has 2 amide bonds. The van der Waals surface area contributed by atoms with E-state index in [2.05, 4.69) is 5.32 Å². The number of rotatable bonds is 5. The van der Waals surface area contributed by atoms with Crippen LogP contribution in [0.15, 0.2) is 36.5 Å². The molecule has 0 unspecified atom stereocenters. The quantitative estimate of drug-likeness (QED) is 0.860. The van der Waals surface area contributed by atoms with Crippen LogP contribution in [0.25, 0.3) is 0 Å². The van der Waals surface area contributed by atoms with Crippen molar-refractivity contribution in [2.45, 2.75) is 0 Å². The topological polar surface area (TPSA) is 96.6 Å². The van der Waals surface area contributed by atoms with Gasteiger partial charge < -0.3 is 24.3 Å². The third-order valence-corrected chi connectivity index (χ3v) is 4.20. The number of nitrogens with zero attached hydrogens (tertiary/aromatic N) is 3. The first-order chi connectivity index (χ1) is 13.1. The van der Waals surface area contributed by atoms with E-state index >= 15 is 0 Å². The molecule has 1 fully saturated rings. The Hall–Kier alpha value is -3.31. The van der Waals surface area contributed by atoms with Crippen molar-refractivity contribution < 1.29 is 19.1 Å². The number of aryl methyl sites for hydroxylation is 1. The highest BCUT2D eigenvalue weighted by Gasteiger charge is 2.17. The van der Waals surface area contributed by atoms with E-state index in [1.807, 2.05) is 6.07 Å². The van der Waals surface area contributed by atoms with Gasteiger partial charge in [-0.2, -0.15) is 5.26 Å². The third-order valence-electron chi connectivity index (χ3n) is 4.20. The van der Waals surface area contributed by atoms with Crippen LogP contribution in [0.2, 0.25) is 0 Å². The minimum Gasteiger partial charge on any atom is -0.484 e. The second-order valence-electron chi connectivity index (χ2n) is 6.10. The highest BCUT2D eigenvalue weighted by atomic mass is 16.5. The Balaban J connectivity index is 1.53. The highest BCUT2D eigenvalue weighted by molar-refractivity contribution is 6.03. The van der Waals surface area contributed by atoms with Crippen molar-refractivity contribution >= 4 is 17.5 Å². The number of carbonyl (C=O) groups is 2. The third kappa shape index (κ3) is 4.65. The predicted octanol–water partition coefficient (Wildman–Crippen LogP) is 1.39. The Morgan fingerprint density at radius 3 is 2.59 bits per heavy atom. The van der Waals surface area contributed by atoms with Crippen molar-refractivity contribution in [3.05, 3.63) is 47.8 Å². The molecule has 3 rings (SSSR count). The minimum atomic E-state index is -0.310. The van der Waals surface area contributed by atoms with Crippen LogP contribution in [0.3, 0.4) is 0 Å². The fourth-order valence-electron chi connectivity index (χ4n) is 2.73. The summed E-state index contributed by atoms with van der Waals surface area (Å²) in [5.74, 6) is 0.156. The molecule has 1 aromatic carbocycles. The van der Waals surface area contributed by atoms with Gasteiger partial charge in [-0.15, -0.1) is 0 Å². The summed E-state index contributed by atoms with van der Waals surface area (Å²) in [5.41, 5.74) is 1.41. The van der Waals surface area contributed by atoms with Gasteiger partial charge >= 0.3 is 0 Å². The summed E-state index contributed by atoms with van der Waals surface area (Å²) in [7, 11) is 1.71. The Labute approximate surface area is 156 Å². The predicted molar refractivity (Wildman–Crippen MR) is 97.4 cm³/mol. The Morgan fingerprint density at radius 1 is 1.26 bits per heavy atom. The largest absolute Gasteiger partial charge is 0.484 e. The zero-order chi connectivity index (χ0) is 19.2. The highest BCUT2D eigenvalue weighted by Crippen LogP contribution is 2.17. The fraction of sp³-hybridized carbons (Fsp3) is 0.316. The van der Waals surface area contributed by atoms with E-state index in [0.29, 0.717) is 49.0 Å². The summed E-state index contributed by atoms with van der Waals surface area (Å²) in [4.78, 5) is 26.1. The molecule has 0 bridgehead atoms. The van der Waals surface area contributed by atoms with E-state index in [9.17, 15) is 9.59 Å². The first-order valence-electron chi connectivity index (χ1n) is 8.53. The standard InChI is InChI=1S/C19H20N4O4/c1-22-12-14(11-20)10-17(22)19(25)21-15-2-4-16(5-3-15)27-13-18(24)23-6-8-26-9-7-23/h2-5,10,12H,6-9,13H2,1H3,(H,21,25). The lowest BCUT2D eigenvalue weighted by Crippen LogP contribution is -2.42. The van der Waals surface area contributed by atoms with Crippen LogP contribution in [-0.2, 0) is 16.6 Å². The summed E-state index contributed by atoms with van der Waals surface area (Å²) in [6.07, 6.45) is 1.59. The lowest BCUT2D eigenvalue weighted by atomic mass is 10.2. The number of anilines is 1. The normalized spacial score (nSPS) is 13.7. The maximum Gasteiger partial charge on any atom is 0.272 e. The number of carbonyl (C=O) groups excluding carboxylic acids is 2. The Bertz CT molecular complexity index is 861. The van der Waals surface area contributed by atoms with Crippen LogP contribution in [0.1, 0.15) is 16.1 Å². The lowest BCUT2D eigenvalue weighted by molar-refractivity contribution is -0.137. The van der Waals surface area contributed by atoms with Crippen LogP contribution in [0.4, 0.5) is 5.69 Å². The average molecular weight is 368 g/mol. The molecule has 8 heteroatoms. The molecule has 0 saturated carbocycles. The number of aromatic nitrogens is 1. The van der Waals surface area contributed by atoms with Gasteiger partial charge in [0.25, 0.3) is 11.8 Å². The van der Waals surface area contributed by atoms with Crippen molar-refractivity contribution in [2.24, 2.45) is 7.05 Å². The summed E-state index contributed by atoms with van der Waals surface area (Å²) >= 11 is 0. The van der Waals surface area contributed by atoms with E-state index in [1.165, 1.54) is 6.07 Å². The number of morpholine rings is 1. The second-order valence-corrected chi connectivity index (χ2v) is 6.10. The van der Waals surface area contributed by atoms with E-state index in [0.717, 1.165) is 0 Å².